The van der Waals surface area contributed by atoms with Gasteiger partial charge in [-0.1, -0.05) is 47.6 Å². The Balaban J connectivity index is 1.55. The van der Waals surface area contributed by atoms with E-state index < -0.39 is 17.9 Å². The summed E-state index contributed by atoms with van der Waals surface area (Å²) in [6, 6.07) is 6.57. The summed E-state index contributed by atoms with van der Waals surface area (Å²) in [7, 11) is 0. The molecule has 1 aromatic heterocycles. The van der Waals surface area contributed by atoms with Crippen molar-refractivity contribution in [3.63, 3.8) is 0 Å². The zero-order valence-electron chi connectivity index (χ0n) is 23.2. The molecule has 2 aromatic rings. The molecule has 6 nitrogen and oxygen atoms in total. The van der Waals surface area contributed by atoms with Gasteiger partial charge in [0.1, 0.15) is 23.0 Å². The second-order valence-corrected chi connectivity index (χ2v) is 10.9. The maximum atomic E-state index is 14.3. The van der Waals surface area contributed by atoms with E-state index in [1.807, 2.05) is 31.2 Å². The van der Waals surface area contributed by atoms with Crippen LogP contribution < -0.4 is 10.7 Å². The first kappa shape index (κ1) is 27.4. The molecule has 0 radical (unpaired) electrons. The molecule has 0 bridgehead atoms. The normalized spacial score (nSPS) is 22.3. The van der Waals surface area contributed by atoms with Gasteiger partial charge in [0.15, 0.2) is 5.43 Å². The number of amidine groups is 1. The van der Waals surface area contributed by atoms with Crippen LogP contribution in [0.5, 0.6) is 0 Å². The topological polar surface area (TPSA) is 102 Å². The van der Waals surface area contributed by atoms with Crippen molar-refractivity contribution in [3.05, 3.63) is 105 Å². The van der Waals surface area contributed by atoms with Gasteiger partial charge in [-0.25, -0.2) is 4.39 Å². The SMILES string of the molecule is CC1=CC=C(C(=N)C2C(=N)CCCN=C2NC(C)c2oc3ccccc3c(=O)c2C2C=C(F)C=CC2)C=C(C)C1. The Bertz CT molecular complexity index is 1620. The molecule has 0 amide bonds. The molecule has 0 fully saturated rings. The molecule has 206 valence electrons. The maximum Gasteiger partial charge on any atom is 0.196 e. The van der Waals surface area contributed by atoms with Crippen LogP contribution in [0.25, 0.3) is 11.0 Å². The summed E-state index contributed by atoms with van der Waals surface area (Å²) < 4.78 is 20.7. The minimum Gasteiger partial charge on any atom is -0.458 e. The zero-order chi connectivity index (χ0) is 28.4. The first-order valence-corrected chi connectivity index (χ1v) is 13.8. The van der Waals surface area contributed by atoms with Crippen molar-refractivity contribution in [2.24, 2.45) is 10.9 Å². The van der Waals surface area contributed by atoms with Crippen molar-refractivity contribution in [2.45, 2.75) is 58.4 Å². The van der Waals surface area contributed by atoms with Crippen LogP contribution in [0.15, 0.2) is 97.5 Å². The van der Waals surface area contributed by atoms with Crippen LogP contribution in [0.1, 0.15) is 69.7 Å². The van der Waals surface area contributed by atoms with Crippen LogP contribution in [0.2, 0.25) is 0 Å². The summed E-state index contributed by atoms with van der Waals surface area (Å²) in [6.45, 7) is 6.54. The third kappa shape index (κ3) is 5.60. The number of nitrogens with one attached hydrogen (secondary N) is 3. The van der Waals surface area contributed by atoms with Crippen LogP contribution in [0.3, 0.4) is 0 Å². The van der Waals surface area contributed by atoms with Crippen LogP contribution in [-0.4, -0.2) is 23.8 Å². The van der Waals surface area contributed by atoms with Crippen molar-refractivity contribution < 1.29 is 8.81 Å². The molecule has 3 atom stereocenters. The highest BCUT2D eigenvalue weighted by molar-refractivity contribution is 6.27. The first-order chi connectivity index (χ1) is 19.2. The third-order valence-electron chi connectivity index (χ3n) is 7.63. The average Bonchev–Trinajstić information content (AvgIpc) is 3.21. The molecule has 1 aromatic carbocycles. The molecule has 3 unspecified atom stereocenters. The molecule has 0 saturated heterocycles. The van der Waals surface area contributed by atoms with Crippen molar-refractivity contribution in [2.75, 3.05) is 6.54 Å². The fraction of sp³-hybridized carbons (Fsp3) is 0.333. The Morgan fingerprint density at radius 2 is 2.00 bits per heavy atom. The summed E-state index contributed by atoms with van der Waals surface area (Å²) in [5.74, 6) is -0.552. The molecule has 0 spiro atoms. The molecular weight excluding hydrogens is 503 g/mol. The molecule has 1 aliphatic heterocycles. The van der Waals surface area contributed by atoms with Gasteiger partial charge in [0.05, 0.1) is 23.1 Å². The van der Waals surface area contributed by atoms with Crippen LogP contribution in [-0.2, 0) is 0 Å². The van der Waals surface area contributed by atoms with Crippen molar-refractivity contribution >= 4 is 28.2 Å². The minimum absolute atomic E-state index is 0.180. The average molecular weight is 539 g/mol. The monoisotopic (exact) mass is 538 g/mol. The second kappa shape index (κ2) is 11.5. The second-order valence-electron chi connectivity index (χ2n) is 10.9. The zero-order valence-corrected chi connectivity index (χ0v) is 23.2. The maximum absolute atomic E-state index is 14.3. The molecule has 40 heavy (non-hydrogen) atoms. The van der Waals surface area contributed by atoms with Crippen LogP contribution in [0.4, 0.5) is 4.39 Å². The highest BCUT2D eigenvalue weighted by atomic mass is 19.1. The summed E-state index contributed by atoms with van der Waals surface area (Å²) in [4.78, 5) is 18.5. The quantitative estimate of drug-likeness (QED) is 0.345. The summed E-state index contributed by atoms with van der Waals surface area (Å²) >= 11 is 0. The third-order valence-corrected chi connectivity index (χ3v) is 7.63. The van der Waals surface area contributed by atoms with Crippen molar-refractivity contribution in [1.29, 1.82) is 10.8 Å². The smallest absolute Gasteiger partial charge is 0.196 e. The Labute approximate surface area is 233 Å². The Morgan fingerprint density at radius 1 is 1.20 bits per heavy atom. The fourth-order valence-corrected chi connectivity index (χ4v) is 5.72. The Kier molecular flexibility index (Phi) is 7.92. The number of hydrogen-bond acceptors (Lipinski definition) is 6. The number of rotatable bonds is 5. The van der Waals surface area contributed by atoms with Gasteiger partial charge < -0.3 is 20.6 Å². The predicted molar refractivity (Wildman–Crippen MR) is 160 cm³/mol. The highest BCUT2D eigenvalue weighted by Gasteiger charge is 2.32. The summed E-state index contributed by atoms with van der Waals surface area (Å²) in [5.41, 5.74) is 4.59. The molecule has 2 aliphatic carbocycles. The van der Waals surface area contributed by atoms with E-state index in [1.165, 1.54) is 17.7 Å². The van der Waals surface area contributed by atoms with E-state index in [1.54, 1.807) is 24.3 Å². The van der Waals surface area contributed by atoms with E-state index in [0.717, 1.165) is 24.0 Å². The number of allylic oxidation sites excluding steroid dienone is 10. The molecule has 3 aliphatic rings. The van der Waals surface area contributed by atoms with Gasteiger partial charge in [-0.15, -0.1) is 0 Å². The lowest BCUT2D eigenvalue weighted by Gasteiger charge is -2.26. The van der Waals surface area contributed by atoms with Crippen molar-refractivity contribution in [3.8, 4) is 0 Å². The van der Waals surface area contributed by atoms with E-state index in [9.17, 15) is 14.6 Å². The predicted octanol–water partition coefficient (Wildman–Crippen LogP) is 7.41. The highest BCUT2D eigenvalue weighted by Crippen LogP contribution is 2.33. The number of para-hydroxylation sites is 1. The van der Waals surface area contributed by atoms with E-state index in [2.05, 4.69) is 19.2 Å². The van der Waals surface area contributed by atoms with E-state index in [4.69, 9.17) is 14.8 Å². The van der Waals surface area contributed by atoms with Gasteiger partial charge in [-0.2, -0.15) is 0 Å². The molecule has 7 heteroatoms. The number of hydrogen-bond donors (Lipinski definition) is 3. The van der Waals surface area contributed by atoms with Crippen molar-refractivity contribution in [1.82, 2.24) is 5.32 Å². The molecule has 0 saturated carbocycles. The van der Waals surface area contributed by atoms with E-state index >= 15 is 0 Å². The van der Waals surface area contributed by atoms with Gasteiger partial charge in [0.25, 0.3) is 0 Å². The van der Waals surface area contributed by atoms with Gasteiger partial charge in [-0.3, -0.25) is 9.79 Å². The van der Waals surface area contributed by atoms with E-state index in [-0.39, 0.29) is 11.3 Å². The van der Waals surface area contributed by atoms with Gasteiger partial charge in [0.2, 0.25) is 0 Å². The summed E-state index contributed by atoms with van der Waals surface area (Å²) in [6.07, 6.45) is 13.2. The van der Waals surface area contributed by atoms with Gasteiger partial charge in [0, 0.05) is 23.7 Å². The fourth-order valence-electron chi connectivity index (χ4n) is 5.72. The number of fused-ring (bicyclic) bond motifs is 1. The molecule has 5 rings (SSSR count). The number of benzene rings is 1. The van der Waals surface area contributed by atoms with Crippen LogP contribution in [0, 0.1) is 16.7 Å². The Morgan fingerprint density at radius 3 is 2.80 bits per heavy atom. The first-order valence-electron chi connectivity index (χ1n) is 13.8. The number of nitrogens with zero attached hydrogens (tertiary/aromatic N) is 1. The molecule has 2 heterocycles. The minimum atomic E-state index is -0.641. The number of halogens is 1. The standard InChI is InChI=1S/C33H35FN4O2/c1-19-13-14-23(17-20(2)16-19)30(36)29-26(35)11-7-15-37-33(29)38-21(3)32-28(22-8-6-9-24(34)18-22)31(39)25-10-4-5-12-27(25)40-32/h4-6,9-10,12-14,17-18,21-22,29,35-36H,7-8,11,15-16H2,1-3H3,(H,37,38). The van der Waals surface area contributed by atoms with Crippen LogP contribution >= 0.6 is 0 Å². The van der Waals surface area contributed by atoms with Gasteiger partial charge >= 0.3 is 0 Å². The lowest BCUT2D eigenvalue weighted by Crippen LogP contribution is -2.41. The number of aliphatic imine (C=N–C) groups is 1. The molecule has 3 N–H and O–H groups in total. The lowest BCUT2D eigenvalue weighted by molar-refractivity contribution is 0.464. The lowest BCUT2D eigenvalue weighted by atomic mass is 9.87. The van der Waals surface area contributed by atoms with E-state index in [0.29, 0.717) is 58.9 Å². The molecular formula is C33H35FN4O2. The largest absolute Gasteiger partial charge is 0.458 e. The Hall–Kier alpha value is -4.13. The summed E-state index contributed by atoms with van der Waals surface area (Å²) in [5, 5.41) is 21.9. The van der Waals surface area contributed by atoms with Gasteiger partial charge in [-0.05, 0) is 76.3 Å².